The summed E-state index contributed by atoms with van der Waals surface area (Å²) in [6.07, 6.45) is 4.68. The number of allylic oxidation sites excluding steroid dienone is 2. The molecule has 0 aromatic heterocycles. The van der Waals surface area contributed by atoms with E-state index in [1.54, 1.807) is 18.3 Å². The summed E-state index contributed by atoms with van der Waals surface area (Å²) in [7, 11) is 0. The van der Waals surface area contributed by atoms with Crippen LogP contribution in [0.2, 0.25) is 0 Å². The summed E-state index contributed by atoms with van der Waals surface area (Å²) < 4.78 is 41.6. The van der Waals surface area contributed by atoms with E-state index in [0.717, 1.165) is 61.5 Å². The van der Waals surface area contributed by atoms with Crippen LogP contribution in [0.4, 0.5) is 24.5 Å². The first kappa shape index (κ1) is 33.0. The molecule has 6 nitrogen and oxygen atoms in total. The van der Waals surface area contributed by atoms with E-state index in [2.05, 4.69) is 28.9 Å². The number of aliphatic hydroxyl groups excluding tert-OH is 2. The predicted octanol–water partition coefficient (Wildman–Crippen LogP) is 8.02. The number of carbonyl (C=O) groups is 1. The number of halogens is 3. The van der Waals surface area contributed by atoms with Crippen LogP contribution < -0.4 is 10.1 Å². The summed E-state index contributed by atoms with van der Waals surface area (Å²) >= 11 is 0. The molecule has 0 amide bonds. The minimum absolute atomic E-state index is 0.153. The zero-order valence-electron chi connectivity index (χ0n) is 23.7. The van der Waals surface area contributed by atoms with Crippen molar-refractivity contribution >= 4 is 23.9 Å². The molecule has 0 saturated heterocycles. The SMILES string of the molecule is CC.CCCCC(CC)c1cc(-c2ccc(OC(F)(F)F)cc2)c2c(c1C(O)CO)N=CCN2.O=CC1=CCC1. The molecule has 2 aliphatic rings. The van der Waals surface area contributed by atoms with Gasteiger partial charge in [-0.1, -0.05) is 58.7 Å². The number of fused-ring (bicyclic) bond motifs is 1. The predicted molar refractivity (Wildman–Crippen MR) is 155 cm³/mol. The first-order valence-electron chi connectivity index (χ1n) is 14.0. The average Bonchev–Trinajstić information content (AvgIpc) is 2.93. The Bertz CT molecular complexity index is 1140. The number of hydrogen-bond donors (Lipinski definition) is 3. The normalized spacial score (nSPS) is 15.0. The summed E-state index contributed by atoms with van der Waals surface area (Å²) in [5.74, 6) is -0.136. The van der Waals surface area contributed by atoms with E-state index in [9.17, 15) is 28.2 Å². The van der Waals surface area contributed by atoms with Gasteiger partial charge in [0, 0.05) is 17.3 Å². The maximum absolute atomic E-state index is 12.5. The fourth-order valence-electron chi connectivity index (χ4n) is 4.59. The fraction of sp³-hybridized carbons (Fsp3) is 0.484. The lowest BCUT2D eigenvalue weighted by Gasteiger charge is -2.28. The number of ether oxygens (including phenoxy) is 1. The fourth-order valence-corrected chi connectivity index (χ4v) is 4.59. The van der Waals surface area contributed by atoms with Crippen molar-refractivity contribution in [2.45, 2.75) is 84.6 Å². The molecule has 3 N–H and O–H groups in total. The highest BCUT2D eigenvalue weighted by Gasteiger charge is 2.31. The molecule has 1 aliphatic carbocycles. The van der Waals surface area contributed by atoms with Gasteiger partial charge in [-0.05, 0) is 66.5 Å². The Labute approximate surface area is 235 Å². The molecular weight excluding hydrogens is 521 g/mol. The van der Waals surface area contributed by atoms with Crippen LogP contribution in [0.1, 0.15) is 89.4 Å². The van der Waals surface area contributed by atoms with Crippen LogP contribution in [-0.2, 0) is 4.79 Å². The summed E-state index contributed by atoms with van der Waals surface area (Å²) in [5.41, 5.74) is 5.23. The van der Waals surface area contributed by atoms with Gasteiger partial charge >= 0.3 is 6.36 Å². The number of hydrogen-bond acceptors (Lipinski definition) is 6. The van der Waals surface area contributed by atoms with Crippen LogP contribution in [0.15, 0.2) is 47.0 Å². The number of benzene rings is 2. The van der Waals surface area contributed by atoms with Crippen molar-refractivity contribution in [3.05, 3.63) is 53.1 Å². The first-order chi connectivity index (χ1) is 19.2. The van der Waals surface area contributed by atoms with Gasteiger partial charge in [-0.25, -0.2) is 0 Å². The third kappa shape index (κ3) is 8.93. The first-order valence-corrected chi connectivity index (χ1v) is 14.0. The van der Waals surface area contributed by atoms with E-state index in [0.29, 0.717) is 29.0 Å². The number of unbranched alkanes of at least 4 members (excludes halogenated alkanes) is 1. The van der Waals surface area contributed by atoms with Gasteiger partial charge in [-0.3, -0.25) is 9.79 Å². The maximum atomic E-state index is 12.5. The molecule has 9 heteroatoms. The largest absolute Gasteiger partial charge is 0.573 e. The van der Waals surface area contributed by atoms with Gasteiger partial charge < -0.3 is 20.3 Å². The number of aliphatic imine (C=N–C) groups is 1. The second-order valence-corrected chi connectivity index (χ2v) is 9.30. The number of aldehydes is 1. The molecule has 2 unspecified atom stereocenters. The summed E-state index contributed by atoms with van der Waals surface area (Å²) in [5, 5.41) is 23.7. The van der Waals surface area contributed by atoms with Gasteiger partial charge in [0.1, 0.15) is 18.1 Å². The number of anilines is 1. The molecule has 0 saturated carbocycles. The van der Waals surface area contributed by atoms with E-state index < -0.39 is 19.1 Å². The van der Waals surface area contributed by atoms with Crippen molar-refractivity contribution < 1.29 is 32.9 Å². The number of carbonyl (C=O) groups excluding carboxylic acids is 1. The van der Waals surface area contributed by atoms with Gasteiger partial charge in [-0.2, -0.15) is 0 Å². The molecule has 40 heavy (non-hydrogen) atoms. The third-order valence-electron chi connectivity index (χ3n) is 6.70. The zero-order chi connectivity index (χ0) is 29.7. The Morgan fingerprint density at radius 1 is 1.18 bits per heavy atom. The highest BCUT2D eigenvalue weighted by molar-refractivity contribution is 5.94. The standard InChI is InChI=1S/C24H29F3N2O3.C5H6O.C2H6/c1-3-5-6-15(4-2)18-13-19(16-7-9-17(10-8-16)32-24(25,26)27)22-23(29-12-11-28-22)21(18)20(31)14-30;6-4-5-2-1-3-5;1-2/h7-10,12-13,15,20,28,30-31H,3-6,11,14H2,1-2H3;2,4H,1,3H2;1-2H3. The summed E-state index contributed by atoms with van der Waals surface area (Å²) in [6, 6.07) is 7.70. The van der Waals surface area contributed by atoms with Crippen molar-refractivity contribution in [3.8, 4) is 16.9 Å². The second-order valence-electron chi connectivity index (χ2n) is 9.30. The molecular formula is C31H41F3N2O4. The quantitative estimate of drug-likeness (QED) is 0.255. The van der Waals surface area contributed by atoms with Gasteiger partial charge in [0.05, 0.1) is 24.5 Å². The Hall–Kier alpha value is -3.17. The molecule has 1 heterocycles. The molecule has 2 aromatic carbocycles. The monoisotopic (exact) mass is 562 g/mol. The molecule has 1 aliphatic heterocycles. The Balaban J connectivity index is 0.000000609. The molecule has 0 spiro atoms. The van der Waals surface area contributed by atoms with Crippen molar-refractivity contribution in [3.63, 3.8) is 0 Å². The molecule has 2 aromatic rings. The van der Waals surface area contributed by atoms with Crippen molar-refractivity contribution in [1.82, 2.24) is 0 Å². The van der Waals surface area contributed by atoms with E-state index in [1.807, 2.05) is 26.0 Å². The maximum Gasteiger partial charge on any atom is 0.573 e. The van der Waals surface area contributed by atoms with Crippen LogP contribution in [0.5, 0.6) is 5.75 Å². The lowest BCUT2D eigenvalue weighted by molar-refractivity contribution is -0.274. The number of nitrogens with one attached hydrogen (secondary N) is 1. The van der Waals surface area contributed by atoms with Crippen molar-refractivity contribution in [2.24, 2.45) is 4.99 Å². The van der Waals surface area contributed by atoms with Crippen molar-refractivity contribution in [1.29, 1.82) is 0 Å². The number of aliphatic hydroxyl groups is 2. The minimum Gasteiger partial charge on any atom is -0.406 e. The van der Waals surface area contributed by atoms with Gasteiger partial charge in [0.15, 0.2) is 0 Å². The Kier molecular flexibility index (Phi) is 13.4. The lowest BCUT2D eigenvalue weighted by Crippen LogP contribution is -2.17. The molecule has 220 valence electrons. The van der Waals surface area contributed by atoms with Crippen LogP contribution in [0, 0.1) is 0 Å². The molecule has 2 atom stereocenters. The van der Waals surface area contributed by atoms with Gasteiger partial charge in [0.2, 0.25) is 0 Å². The van der Waals surface area contributed by atoms with Crippen molar-refractivity contribution in [2.75, 3.05) is 18.5 Å². The van der Waals surface area contributed by atoms with E-state index in [-0.39, 0.29) is 11.7 Å². The average molecular weight is 563 g/mol. The molecule has 0 radical (unpaired) electrons. The molecule has 0 bridgehead atoms. The minimum atomic E-state index is -4.75. The topological polar surface area (TPSA) is 91.2 Å². The molecule has 4 rings (SSSR count). The number of alkyl halides is 3. The van der Waals surface area contributed by atoms with E-state index in [1.165, 1.54) is 12.1 Å². The van der Waals surface area contributed by atoms with Gasteiger partial charge in [-0.15, -0.1) is 13.2 Å². The highest BCUT2D eigenvalue weighted by atomic mass is 19.4. The van der Waals surface area contributed by atoms with Crippen LogP contribution >= 0.6 is 0 Å². The summed E-state index contributed by atoms with van der Waals surface area (Å²) in [6.45, 7) is 8.25. The highest BCUT2D eigenvalue weighted by Crippen LogP contribution is 2.47. The lowest BCUT2D eigenvalue weighted by atomic mass is 9.82. The van der Waals surface area contributed by atoms with Crippen LogP contribution in [0.3, 0.4) is 0 Å². The molecule has 0 fully saturated rings. The Morgan fingerprint density at radius 2 is 1.85 bits per heavy atom. The second kappa shape index (κ2) is 16.2. The van der Waals surface area contributed by atoms with E-state index >= 15 is 0 Å². The summed E-state index contributed by atoms with van der Waals surface area (Å²) in [4.78, 5) is 14.3. The van der Waals surface area contributed by atoms with Gasteiger partial charge in [0.25, 0.3) is 0 Å². The van der Waals surface area contributed by atoms with Crippen LogP contribution in [-0.4, -0.2) is 42.2 Å². The zero-order valence-corrected chi connectivity index (χ0v) is 23.7. The Morgan fingerprint density at radius 3 is 2.33 bits per heavy atom. The smallest absolute Gasteiger partial charge is 0.406 e. The third-order valence-corrected chi connectivity index (χ3v) is 6.70. The van der Waals surface area contributed by atoms with Crippen LogP contribution in [0.25, 0.3) is 11.1 Å². The number of nitrogens with zero attached hydrogens (tertiary/aromatic N) is 1. The van der Waals surface area contributed by atoms with E-state index in [4.69, 9.17) is 0 Å². The number of rotatable bonds is 10.